The number of nitrogens with one attached hydrogen (secondary N) is 2. The predicted molar refractivity (Wildman–Crippen MR) is 151 cm³/mol. The van der Waals surface area contributed by atoms with E-state index in [2.05, 4.69) is 49.4 Å². The molecule has 1 atom stereocenters. The number of amides is 3. The second-order valence-corrected chi connectivity index (χ2v) is 10.2. The summed E-state index contributed by atoms with van der Waals surface area (Å²) in [6, 6.07) is 9.42. The molecule has 1 unspecified atom stereocenters. The lowest BCUT2D eigenvalue weighted by Crippen LogP contribution is -2.54. The van der Waals surface area contributed by atoms with E-state index < -0.39 is 6.09 Å². The van der Waals surface area contributed by atoms with Crippen molar-refractivity contribution in [3.05, 3.63) is 48.9 Å². The third kappa shape index (κ3) is 5.96. The number of benzene rings is 1. The average Bonchev–Trinajstić information content (AvgIpc) is 3.35. The normalized spacial score (nSPS) is 15.8. The van der Waals surface area contributed by atoms with E-state index >= 15 is 0 Å². The highest BCUT2D eigenvalue weighted by Crippen LogP contribution is 2.38. The van der Waals surface area contributed by atoms with E-state index in [-0.39, 0.29) is 18.1 Å². The average molecular weight is 547 g/mol. The highest BCUT2D eigenvalue weighted by molar-refractivity contribution is 7.22. The van der Waals surface area contributed by atoms with Crippen LogP contribution in [0.25, 0.3) is 32.6 Å². The number of nitrogens with zero attached hydrogens (tertiary/aromatic N) is 6. The van der Waals surface area contributed by atoms with Gasteiger partial charge in [0.1, 0.15) is 0 Å². The molecule has 4 aromatic rings. The summed E-state index contributed by atoms with van der Waals surface area (Å²) in [7, 11) is 2.05. The number of urea groups is 1. The first kappa shape index (κ1) is 26.4. The molecule has 12 heteroatoms. The largest absolute Gasteiger partial charge is 0.418 e. The second kappa shape index (κ2) is 11.7. The minimum absolute atomic E-state index is 0.00522. The first-order valence-corrected chi connectivity index (χ1v) is 13.7. The maximum atomic E-state index is 12.8. The molecule has 0 spiro atoms. The fraction of sp³-hybridized carbons (Fsp3) is 0.333. The summed E-state index contributed by atoms with van der Waals surface area (Å²) >= 11 is 1.38. The minimum Gasteiger partial charge on any atom is -0.374 e. The molecule has 0 radical (unpaired) electrons. The molecule has 0 bridgehead atoms. The highest BCUT2D eigenvalue weighted by atomic mass is 32.1. The number of likely N-dealkylation sites (N-methyl/N-ethyl adjacent to an activating group) is 1. The summed E-state index contributed by atoms with van der Waals surface area (Å²) in [5, 5.41) is 5.99. The molecule has 3 amide bonds. The molecule has 1 aliphatic rings. The fourth-order valence-electron chi connectivity index (χ4n) is 4.52. The van der Waals surface area contributed by atoms with Gasteiger partial charge in [-0.1, -0.05) is 24.3 Å². The van der Waals surface area contributed by atoms with Crippen LogP contribution in [0.4, 0.5) is 14.7 Å². The van der Waals surface area contributed by atoms with Crippen molar-refractivity contribution in [2.24, 2.45) is 0 Å². The Morgan fingerprint density at radius 3 is 2.64 bits per heavy atom. The monoisotopic (exact) mass is 546 g/mol. The molecule has 4 heterocycles. The lowest BCUT2D eigenvalue weighted by Gasteiger charge is -2.38. The Labute approximate surface area is 230 Å². The Morgan fingerprint density at radius 1 is 1.10 bits per heavy atom. The lowest BCUT2D eigenvalue weighted by molar-refractivity contribution is 0.0789. The number of ether oxygens (including phenoxy) is 1. The zero-order valence-electron chi connectivity index (χ0n) is 22.0. The van der Waals surface area contributed by atoms with Gasteiger partial charge in [0.25, 0.3) is 0 Å². The molecular formula is C27H30N8O3S. The van der Waals surface area contributed by atoms with E-state index in [0.717, 1.165) is 46.6 Å². The number of thiazole rings is 1. The Kier molecular flexibility index (Phi) is 7.94. The molecule has 3 aromatic heterocycles. The van der Waals surface area contributed by atoms with Gasteiger partial charge in [-0.05, 0) is 50.2 Å². The topological polar surface area (TPSA) is 125 Å². The first-order valence-electron chi connectivity index (χ1n) is 12.9. The Bertz CT molecular complexity index is 1460. The number of pyridine rings is 1. The van der Waals surface area contributed by atoms with Gasteiger partial charge in [-0.2, -0.15) is 0 Å². The SMILES string of the molecule is CCNC(=O)Nc1nc2cc(-c3cnc(OC(=O)N4CCN(C)CC4CC)nc3)cc(-c3ccccn3)c2s1. The number of fused-ring (bicyclic) bond motifs is 1. The van der Waals surface area contributed by atoms with Crippen LogP contribution in [0, 0.1) is 0 Å². The van der Waals surface area contributed by atoms with Gasteiger partial charge in [0, 0.05) is 61.9 Å². The number of piperazine rings is 1. The maximum absolute atomic E-state index is 12.8. The van der Waals surface area contributed by atoms with E-state index in [1.54, 1.807) is 23.5 Å². The van der Waals surface area contributed by atoms with E-state index in [9.17, 15) is 9.59 Å². The number of carbonyl (C=O) groups is 2. The van der Waals surface area contributed by atoms with E-state index in [1.165, 1.54) is 11.3 Å². The van der Waals surface area contributed by atoms with E-state index in [0.29, 0.717) is 23.7 Å². The van der Waals surface area contributed by atoms with E-state index in [4.69, 9.17) is 4.74 Å². The summed E-state index contributed by atoms with van der Waals surface area (Å²) in [6.07, 6.45) is 5.40. The van der Waals surface area contributed by atoms with Crippen LogP contribution < -0.4 is 15.4 Å². The van der Waals surface area contributed by atoms with Gasteiger partial charge in [0.05, 0.1) is 15.9 Å². The number of carbonyl (C=O) groups excluding carboxylic acids is 2. The van der Waals surface area contributed by atoms with Crippen LogP contribution in [0.3, 0.4) is 0 Å². The summed E-state index contributed by atoms with van der Waals surface area (Å²) < 4.78 is 6.41. The van der Waals surface area contributed by atoms with Gasteiger partial charge >= 0.3 is 18.1 Å². The van der Waals surface area contributed by atoms with Crippen LogP contribution in [0.2, 0.25) is 0 Å². The predicted octanol–water partition coefficient (Wildman–Crippen LogP) is 4.48. The van der Waals surface area contributed by atoms with Gasteiger partial charge in [0.15, 0.2) is 5.13 Å². The molecule has 1 fully saturated rings. The van der Waals surface area contributed by atoms with Crippen molar-refractivity contribution in [1.82, 2.24) is 35.1 Å². The second-order valence-electron chi connectivity index (χ2n) is 9.23. The minimum atomic E-state index is -0.434. The third-order valence-corrected chi connectivity index (χ3v) is 7.54. The van der Waals surface area contributed by atoms with Crippen molar-refractivity contribution < 1.29 is 14.3 Å². The maximum Gasteiger partial charge on any atom is 0.418 e. The Balaban J connectivity index is 1.42. The zero-order chi connectivity index (χ0) is 27.4. The van der Waals surface area contributed by atoms with Crippen LogP contribution in [0.1, 0.15) is 20.3 Å². The fourth-order valence-corrected chi connectivity index (χ4v) is 5.49. The summed E-state index contributed by atoms with van der Waals surface area (Å²) in [5.74, 6) is 0. The molecule has 202 valence electrons. The quantitative estimate of drug-likeness (QED) is 0.363. The van der Waals surface area contributed by atoms with Gasteiger partial charge in [0.2, 0.25) is 0 Å². The molecular weight excluding hydrogens is 516 g/mol. The van der Waals surface area contributed by atoms with Gasteiger partial charge < -0.3 is 19.9 Å². The third-order valence-electron chi connectivity index (χ3n) is 6.52. The van der Waals surface area contributed by atoms with Crippen molar-refractivity contribution in [3.63, 3.8) is 0 Å². The Hall–Kier alpha value is -4.16. The van der Waals surface area contributed by atoms with Crippen LogP contribution in [-0.2, 0) is 0 Å². The Morgan fingerprint density at radius 2 is 1.92 bits per heavy atom. The molecule has 1 aromatic carbocycles. The van der Waals surface area contributed by atoms with Crippen molar-refractivity contribution in [2.75, 3.05) is 38.5 Å². The summed E-state index contributed by atoms with van der Waals surface area (Å²) in [6.45, 7) is 6.64. The zero-order valence-corrected chi connectivity index (χ0v) is 22.9. The number of hydrogen-bond acceptors (Lipinski definition) is 9. The van der Waals surface area contributed by atoms with Crippen LogP contribution in [0.5, 0.6) is 6.01 Å². The number of aromatic nitrogens is 4. The summed E-state index contributed by atoms with van der Waals surface area (Å²) in [5.41, 5.74) is 3.91. The highest BCUT2D eigenvalue weighted by Gasteiger charge is 2.29. The molecule has 5 rings (SSSR count). The van der Waals surface area contributed by atoms with Crippen LogP contribution in [-0.4, -0.2) is 81.1 Å². The molecule has 39 heavy (non-hydrogen) atoms. The van der Waals surface area contributed by atoms with Crippen molar-refractivity contribution in [3.8, 4) is 28.4 Å². The summed E-state index contributed by atoms with van der Waals surface area (Å²) in [4.78, 5) is 46.6. The van der Waals surface area contributed by atoms with Crippen LogP contribution >= 0.6 is 11.3 Å². The number of rotatable bonds is 6. The van der Waals surface area contributed by atoms with E-state index in [1.807, 2.05) is 37.3 Å². The lowest BCUT2D eigenvalue weighted by atomic mass is 10.0. The smallest absolute Gasteiger partial charge is 0.374 e. The van der Waals surface area contributed by atoms with Crippen molar-refractivity contribution in [2.45, 2.75) is 26.3 Å². The van der Waals surface area contributed by atoms with Gasteiger partial charge in [-0.3, -0.25) is 10.3 Å². The molecule has 2 N–H and O–H groups in total. The van der Waals surface area contributed by atoms with Crippen molar-refractivity contribution >= 4 is 38.8 Å². The number of anilines is 1. The molecule has 0 aliphatic carbocycles. The van der Waals surface area contributed by atoms with Gasteiger partial charge in [-0.15, -0.1) is 0 Å². The van der Waals surface area contributed by atoms with Crippen molar-refractivity contribution in [1.29, 1.82) is 0 Å². The molecule has 0 saturated carbocycles. The number of hydrogen-bond donors (Lipinski definition) is 2. The molecule has 1 aliphatic heterocycles. The molecule has 11 nitrogen and oxygen atoms in total. The van der Waals surface area contributed by atoms with Crippen LogP contribution in [0.15, 0.2) is 48.9 Å². The first-order chi connectivity index (χ1) is 18.9. The molecule has 1 saturated heterocycles. The van der Waals surface area contributed by atoms with Gasteiger partial charge in [-0.25, -0.2) is 24.5 Å². The standard InChI is InChI=1S/C27H30N8O3S/c1-4-19-16-34(3)10-11-35(19)27(37)38-25-30-14-18(15-31-25)17-12-20(21-8-6-7-9-29-21)23-22(13-17)32-26(39-23)33-24(36)28-5-2/h6-9,12-15,19H,4-5,10-11,16H2,1-3H3,(H2,28,32,33,36).